The van der Waals surface area contributed by atoms with Crippen LogP contribution in [0.2, 0.25) is 11.6 Å². The largest absolute Gasteiger partial charge is 0.117 e. The Balaban J connectivity index is 1.46. The first kappa shape index (κ1) is 30.0. The highest BCUT2D eigenvalue weighted by atomic mass is 14.4. The fourth-order valence-electron chi connectivity index (χ4n) is 8.46. The van der Waals surface area contributed by atoms with Crippen molar-refractivity contribution in [2.75, 3.05) is 0 Å². The lowest BCUT2D eigenvalue weighted by Gasteiger charge is -2.39. The molecule has 0 heterocycles. The monoisotopic (exact) mass is 515 g/mol. The van der Waals surface area contributed by atoms with Crippen molar-refractivity contribution in [3.05, 3.63) is 47.5 Å². The van der Waals surface area contributed by atoms with Crippen LogP contribution in [0, 0.1) is 11.8 Å². The third kappa shape index (κ3) is 9.03. The van der Waals surface area contributed by atoms with Crippen molar-refractivity contribution >= 4 is 7.28 Å². The molecule has 1 aromatic carbocycles. The van der Waals surface area contributed by atoms with Crippen molar-refractivity contribution in [3.63, 3.8) is 0 Å². The molecular formula is C37H60B. The number of allylic oxidation sites excluding steroid dienone is 2. The van der Waals surface area contributed by atoms with E-state index in [0.29, 0.717) is 0 Å². The van der Waals surface area contributed by atoms with Crippen molar-refractivity contribution in [2.45, 2.75) is 172 Å². The molecule has 0 N–H and O–H groups in total. The van der Waals surface area contributed by atoms with Gasteiger partial charge in [0.25, 0.3) is 0 Å². The highest BCUT2D eigenvalue weighted by Crippen LogP contribution is 2.51. The van der Waals surface area contributed by atoms with E-state index >= 15 is 0 Å². The standard InChI is InChI=1S/C37H60B/c1-3-18-32(19-4-2)38-33-22-14-12-10-8-6-5-7-9-11-13-20-30-27-29-35(30)37-24-16-15-23-36(37)34-25-17-21-31(34)26-28-33/h6,8,15-16,23-24,30-35H,3-5,7,9-14,17-22,25-29H2,1-2H3/b8-6+. The summed E-state index contributed by atoms with van der Waals surface area (Å²) in [5.74, 6) is 5.24. The molecule has 0 spiro atoms. The van der Waals surface area contributed by atoms with Crippen molar-refractivity contribution in [1.82, 2.24) is 0 Å². The molecule has 5 unspecified atom stereocenters. The molecule has 0 nitrogen and oxygen atoms in total. The van der Waals surface area contributed by atoms with Gasteiger partial charge in [0.1, 0.15) is 7.28 Å². The van der Waals surface area contributed by atoms with E-state index in [1.165, 1.54) is 135 Å². The zero-order valence-corrected chi connectivity index (χ0v) is 25.4. The molecule has 3 aliphatic rings. The molecule has 2 saturated carbocycles. The maximum absolute atomic E-state index is 2.86. The second-order valence-electron chi connectivity index (χ2n) is 13.5. The topological polar surface area (TPSA) is 0 Å². The first-order valence-corrected chi connectivity index (χ1v) is 17.4. The van der Waals surface area contributed by atoms with E-state index in [2.05, 4.69) is 57.5 Å². The predicted molar refractivity (Wildman–Crippen MR) is 170 cm³/mol. The van der Waals surface area contributed by atoms with Gasteiger partial charge >= 0.3 is 0 Å². The molecule has 4 rings (SSSR count). The maximum atomic E-state index is 2.86. The summed E-state index contributed by atoms with van der Waals surface area (Å²) >= 11 is 0. The van der Waals surface area contributed by atoms with E-state index in [1.54, 1.807) is 11.1 Å². The van der Waals surface area contributed by atoms with Crippen LogP contribution in [-0.4, -0.2) is 7.28 Å². The maximum Gasteiger partial charge on any atom is 0.117 e. The van der Waals surface area contributed by atoms with Crippen molar-refractivity contribution in [1.29, 1.82) is 0 Å². The van der Waals surface area contributed by atoms with Gasteiger partial charge < -0.3 is 0 Å². The summed E-state index contributed by atoms with van der Waals surface area (Å²) in [5, 5.41) is 0. The fraction of sp³-hybridized carbons (Fsp3) is 0.784. The first-order valence-electron chi connectivity index (χ1n) is 17.4. The van der Waals surface area contributed by atoms with Gasteiger partial charge in [0.15, 0.2) is 0 Å². The smallest absolute Gasteiger partial charge is 0.0885 e. The number of rotatable bonds is 6. The SMILES string of the molecule is CCCC([B]C1CCCC/C=C/CCCCCCC2CCC2c2ccccc2C2CCCC2CC1)CCC. The zero-order valence-electron chi connectivity index (χ0n) is 25.4. The van der Waals surface area contributed by atoms with Gasteiger partial charge in [-0.25, -0.2) is 0 Å². The molecule has 0 saturated heterocycles. The van der Waals surface area contributed by atoms with Gasteiger partial charge in [0.05, 0.1) is 0 Å². The Kier molecular flexibility index (Phi) is 13.4. The summed E-state index contributed by atoms with van der Waals surface area (Å²) in [5.41, 5.74) is 3.54. The Morgan fingerprint density at radius 2 is 1.18 bits per heavy atom. The van der Waals surface area contributed by atoms with Crippen LogP contribution >= 0.6 is 0 Å². The van der Waals surface area contributed by atoms with E-state index in [-0.39, 0.29) is 0 Å². The van der Waals surface area contributed by atoms with Gasteiger partial charge in [-0.1, -0.05) is 139 Å². The predicted octanol–water partition coefficient (Wildman–Crippen LogP) is 12.2. The average molecular weight is 516 g/mol. The van der Waals surface area contributed by atoms with Gasteiger partial charge in [0.2, 0.25) is 0 Å². The number of fused-ring (bicyclic) bond motifs is 5. The van der Waals surface area contributed by atoms with E-state index in [0.717, 1.165) is 35.3 Å². The first-order chi connectivity index (χ1) is 18.8. The fourth-order valence-corrected chi connectivity index (χ4v) is 8.46. The molecule has 1 heteroatoms. The molecule has 2 fully saturated rings. The van der Waals surface area contributed by atoms with Crippen LogP contribution in [0.25, 0.3) is 0 Å². The second-order valence-corrected chi connectivity index (χ2v) is 13.5. The molecule has 1 aromatic rings. The van der Waals surface area contributed by atoms with Crippen LogP contribution in [0.15, 0.2) is 36.4 Å². The molecule has 211 valence electrons. The molecule has 0 bridgehead atoms. The minimum atomic E-state index is 0.828. The number of benzene rings is 1. The lowest BCUT2D eigenvalue weighted by atomic mass is 9.50. The zero-order chi connectivity index (χ0) is 26.4. The minimum absolute atomic E-state index is 0.828. The van der Waals surface area contributed by atoms with Crippen LogP contribution in [0.4, 0.5) is 0 Å². The lowest BCUT2D eigenvalue weighted by molar-refractivity contribution is 0.229. The second kappa shape index (κ2) is 17.0. The van der Waals surface area contributed by atoms with E-state index in [1.807, 2.05) is 0 Å². The summed E-state index contributed by atoms with van der Waals surface area (Å²) < 4.78 is 0. The van der Waals surface area contributed by atoms with Crippen molar-refractivity contribution < 1.29 is 0 Å². The number of hydrogen-bond acceptors (Lipinski definition) is 0. The van der Waals surface area contributed by atoms with Gasteiger partial charge in [-0.15, -0.1) is 0 Å². The molecule has 1 radical (unpaired) electrons. The Morgan fingerprint density at radius 3 is 1.84 bits per heavy atom. The van der Waals surface area contributed by atoms with Crippen LogP contribution in [0.5, 0.6) is 0 Å². The van der Waals surface area contributed by atoms with Crippen LogP contribution < -0.4 is 0 Å². The quantitative estimate of drug-likeness (QED) is 0.261. The van der Waals surface area contributed by atoms with Crippen LogP contribution in [0.3, 0.4) is 0 Å². The Morgan fingerprint density at radius 1 is 0.605 bits per heavy atom. The summed E-state index contributed by atoms with van der Waals surface area (Å²) in [7, 11) is 2.86. The Hall–Kier alpha value is -0.975. The van der Waals surface area contributed by atoms with Gasteiger partial charge in [0, 0.05) is 0 Å². The minimum Gasteiger partial charge on any atom is -0.0885 e. The van der Waals surface area contributed by atoms with Crippen LogP contribution in [-0.2, 0) is 0 Å². The molecule has 0 aromatic heterocycles. The molecular weight excluding hydrogens is 455 g/mol. The lowest BCUT2D eigenvalue weighted by Crippen LogP contribution is -2.25. The molecule has 0 amide bonds. The molecule has 5 atom stereocenters. The van der Waals surface area contributed by atoms with Crippen LogP contribution in [0.1, 0.15) is 172 Å². The third-order valence-electron chi connectivity index (χ3n) is 10.7. The highest BCUT2D eigenvalue weighted by Gasteiger charge is 2.36. The molecule has 38 heavy (non-hydrogen) atoms. The Bertz CT molecular complexity index is 790. The molecule has 3 aliphatic carbocycles. The highest BCUT2D eigenvalue weighted by molar-refractivity contribution is 6.39. The normalized spacial score (nSPS) is 30.8. The van der Waals surface area contributed by atoms with Crippen molar-refractivity contribution in [3.8, 4) is 0 Å². The van der Waals surface area contributed by atoms with E-state index < -0.39 is 0 Å². The molecule has 0 aliphatic heterocycles. The number of hydrogen-bond donors (Lipinski definition) is 0. The summed E-state index contributed by atoms with van der Waals surface area (Å²) in [4.78, 5) is 0. The summed E-state index contributed by atoms with van der Waals surface area (Å²) in [6.45, 7) is 4.76. The summed E-state index contributed by atoms with van der Waals surface area (Å²) in [6, 6.07) is 9.80. The third-order valence-corrected chi connectivity index (χ3v) is 10.7. The van der Waals surface area contributed by atoms with E-state index in [9.17, 15) is 0 Å². The van der Waals surface area contributed by atoms with Gasteiger partial charge in [-0.2, -0.15) is 0 Å². The van der Waals surface area contributed by atoms with Gasteiger partial charge in [-0.05, 0) is 92.6 Å². The van der Waals surface area contributed by atoms with Crippen molar-refractivity contribution in [2.24, 2.45) is 11.8 Å². The van der Waals surface area contributed by atoms with Gasteiger partial charge in [-0.3, -0.25) is 0 Å². The van der Waals surface area contributed by atoms with E-state index in [4.69, 9.17) is 0 Å². The Labute approximate surface area is 238 Å². The summed E-state index contributed by atoms with van der Waals surface area (Å²) in [6.07, 6.45) is 34.6. The average Bonchev–Trinajstić information content (AvgIpc) is 3.37.